The van der Waals surface area contributed by atoms with Crippen molar-refractivity contribution >= 4 is 21.9 Å². The summed E-state index contributed by atoms with van der Waals surface area (Å²) >= 11 is 0. The molecule has 2 aliphatic rings. The van der Waals surface area contributed by atoms with Gasteiger partial charge in [-0.15, -0.1) is 0 Å². The first-order chi connectivity index (χ1) is 19.4. The molecule has 1 fully saturated rings. The first-order valence-electron chi connectivity index (χ1n) is 13.0. The summed E-state index contributed by atoms with van der Waals surface area (Å²) in [7, 11) is -2.30. The van der Waals surface area contributed by atoms with E-state index in [1.165, 1.54) is 22.5 Å². The number of aryl methyl sites for hydroxylation is 1. The molecule has 13 heteroatoms. The van der Waals surface area contributed by atoms with Crippen LogP contribution in [-0.2, 0) is 29.3 Å². The molecule has 5 rings (SSSR count). The fourth-order valence-corrected chi connectivity index (χ4v) is 6.75. The van der Waals surface area contributed by atoms with E-state index in [9.17, 15) is 31.5 Å². The first-order valence-corrected chi connectivity index (χ1v) is 14.5. The number of nitrogens with one attached hydrogen (secondary N) is 2. The number of hydrogen-bond acceptors (Lipinski definition) is 6. The number of rotatable bonds is 5. The smallest absolute Gasteiger partial charge is 0.390 e. The molecule has 41 heavy (non-hydrogen) atoms. The second-order valence-electron chi connectivity index (χ2n) is 10.3. The number of sulfonamides is 1. The number of benzene rings is 2. The van der Waals surface area contributed by atoms with Gasteiger partial charge in [0.2, 0.25) is 10.0 Å². The van der Waals surface area contributed by atoms with E-state index < -0.39 is 33.9 Å². The summed E-state index contributed by atoms with van der Waals surface area (Å²) in [5.74, 6) is 0.164. The predicted octanol–water partition coefficient (Wildman–Crippen LogP) is 3.97. The molecule has 3 aromatic rings. The molecule has 0 bridgehead atoms. The molecule has 3 heterocycles. The van der Waals surface area contributed by atoms with Crippen LogP contribution < -0.4 is 10.6 Å². The average molecular weight is 590 g/mol. The molecule has 2 aromatic carbocycles. The van der Waals surface area contributed by atoms with Crippen LogP contribution in [0.25, 0.3) is 11.1 Å². The van der Waals surface area contributed by atoms with Crippen molar-refractivity contribution < 1.29 is 31.5 Å². The Kier molecular flexibility index (Phi) is 7.70. The third-order valence-corrected chi connectivity index (χ3v) is 9.45. The van der Waals surface area contributed by atoms with Crippen molar-refractivity contribution in [3.8, 4) is 11.1 Å². The number of amides is 2. The Morgan fingerprint density at radius 3 is 2.41 bits per heavy atom. The maximum Gasteiger partial charge on any atom is 0.417 e. The van der Waals surface area contributed by atoms with Crippen LogP contribution in [0.5, 0.6) is 0 Å². The number of alkyl halides is 3. The molecular formula is C28H30F3N5O4S. The van der Waals surface area contributed by atoms with Gasteiger partial charge >= 0.3 is 12.2 Å². The Morgan fingerprint density at radius 2 is 1.80 bits per heavy atom. The number of nitrogens with zero attached hydrogens (tertiary/aromatic N) is 3. The monoisotopic (exact) mass is 589 g/mol. The molecule has 2 aliphatic heterocycles. The SMILES string of the molecule is CNC(=O)N1Cc2cc(-c3ccc(S(=O)(=O)N4CC[C@@H](Nc5ccc(C(F)(F)F)cn5)[C@@H](O)C4)cc3)cc(C)c2C1. The quantitative estimate of drug-likeness (QED) is 0.415. The van der Waals surface area contributed by atoms with E-state index in [1.54, 1.807) is 24.1 Å². The Hall–Kier alpha value is -3.68. The standard InChI is InChI=1S/C28H30F3N5O4S/c1-17-11-19(12-20-14-35(15-23(17)20)27(38)32-2)18-3-6-22(7-4-18)41(39,40)36-10-9-24(25(37)16-36)34-26-8-5-21(13-33-26)28(29,30)31/h3-8,11-13,24-25,37H,9-10,14-16H2,1-2H3,(H,32,38)(H,33,34)/t24-,25+/m1/s1. The summed E-state index contributed by atoms with van der Waals surface area (Å²) in [6.45, 7) is 2.97. The second-order valence-corrected chi connectivity index (χ2v) is 12.2. The van der Waals surface area contributed by atoms with Crippen molar-refractivity contribution in [2.75, 3.05) is 25.5 Å². The number of aromatic nitrogens is 1. The number of piperidine rings is 1. The summed E-state index contributed by atoms with van der Waals surface area (Å²) in [6, 6.07) is 12.0. The number of urea groups is 1. The molecule has 9 nitrogen and oxygen atoms in total. The molecule has 0 radical (unpaired) electrons. The van der Waals surface area contributed by atoms with E-state index in [2.05, 4.69) is 15.6 Å². The van der Waals surface area contributed by atoms with E-state index in [-0.39, 0.29) is 36.3 Å². The number of aliphatic hydroxyl groups excluding tert-OH is 1. The number of carbonyl (C=O) groups excluding carboxylic acids is 1. The van der Waals surface area contributed by atoms with E-state index >= 15 is 0 Å². The molecule has 0 aliphatic carbocycles. The number of pyridine rings is 1. The molecular weight excluding hydrogens is 559 g/mol. The molecule has 3 N–H and O–H groups in total. The lowest BCUT2D eigenvalue weighted by Crippen LogP contribution is -2.51. The zero-order valence-electron chi connectivity index (χ0n) is 22.4. The maximum absolute atomic E-state index is 13.3. The second kappa shape index (κ2) is 11.0. The third-order valence-electron chi connectivity index (χ3n) is 7.57. The number of hydrogen-bond donors (Lipinski definition) is 3. The van der Waals surface area contributed by atoms with Gasteiger partial charge in [-0.3, -0.25) is 0 Å². The molecule has 1 aromatic heterocycles. The van der Waals surface area contributed by atoms with Crippen molar-refractivity contribution in [3.05, 3.63) is 77.0 Å². The van der Waals surface area contributed by atoms with Crippen LogP contribution in [0.1, 0.15) is 28.7 Å². The molecule has 218 valence electrons. The van der Waals surface area contributed by atoms with E-state index in [0.717, 1.165) is 33.9 Å². The topological polar surface area (TPSA) is 115 Å². The van der Waals surface area contributed by atoms with Crippen molar-refractivity contribution in [3.63, 3.8) is 0 Å². The van der Waals surface area contributed by atoms with Gasteiger partial charge in [-0.1, -0.05) is 18.2 Å². The van der Waals surface area contributed by atoms with Crippen LogP contribution in [0.15, 0.2) is 59.6 Å². The van der Waals surface area contributed by atoms with Crippen LogP contribution >= 0.6 is 0 Å². The van der Waals surface area contributed by atoms with Crippen molar-refractivity contribution in [1.29, 1.82) is 0 Å². The predicted molar refractivity (Wildman–Crippen MR) is 146 cm³/mol. The molecule has 0 spiro atoms. The number of fused-ring (bicyclic) bond motifs is 1. The summed E-state index contributed by atoms with van der Waals surface area (Å²) < 4.78 is 66.2. The Labute approximate surface area is 236 Å². The largest absolute Gasteiger partial charge is 0.417 e. The number of halogens is 3. The van der Waals surface area contributed by atoms with E-state index in [0.29, 0.717) is 19.3 Å². The summed E-state index contributed by atoms with van der Waals surface area (Å²) in [6.07, 6.45) is -4.64. The average Bonchev–Trinajstić information content (AvgIpc) is 3.38. The van der Waals surface area contributed by atoms with Gasteiger partial charge in [0, 0.05) is 39.4 Å². The zero-order valence-corrected chi connectivity index (χ0v) is 23.3. The number of anilines is 1. The highest BCUT2D eigenvalue weighted by molar-refractivity contribution is 7.89. The lowest BCUT2D eigenvalue weighted by atomic mass is 9.96. The van der Waals surface area contributed by atoms with Gasteiger partial charge in [0.15, 0.2) is 0 Å². The maximum atomic E-state index is 13.3. The number of aliphatic hydroxyl groups is 1. The van der Waals surface area contributed by atoms with Gasteiger partial charge in [-0.2, -0.15) is 17.5 Å². The van der Waals surface area contributed by atoms with Crippen molar-refractivity contribution in [1.82, 2.24) is 19.5 Å². The highest BCUT2D eigenvalue weighted by Gasteiger charge is 2.35. The summed E-state index contributed by atoms with van der Waals surface area (Å²) in [5, 5.41) is 16.2. The minimum atomic E-state index is -4.50. The highest BCUT2D eigenvalue weighted by Crippen LogP contribution is 2.33. The Bertz CT molecular complexity index is 1550. The number of carbonyl (C=O) groups is 1. The van der Waals surface area contributed by atoms with Crippen LogP contribution in [0.4, 0.5) is 23.8 Å². The van der Waals surface area contributed by atoms with Gasteiger partial charge in [0.25, 0.3) is 0 Å². The van der Waals surface area contributed by atoms with Crippen molar-refractivity contribution in [2.45, 2.75) is 49.7 Å². The molecule has 1 saturated heterocycles. The molecule has 0 saturated carbocycles. The van der Waals surface area contributed by atoms with Crippen LogP contribution in [0.2, 0.25) is 0 Å². The lowest BCUT2D eigenvalue weighted by molar-refractivity contribution is -0.137. The molecule has 2 amide bonds. The minimum Gasteiger partial charge on any atom is -0.390 e. The fourth-order valence-electron chi connectivity index (χ4n) is 5.27. The summed E-state index contributed by atoms with van der Waals surface area (Å²) in [5.41, 5.74) is 4.09. The molecule has 2 atom stereocenters. The van der Waals surface area contributed by atoms with E-state index in [1.807, 2.05) is 19.1 Å². The molecule has 0 unspecified atom stereocenters. The normalized spacial score (nSPS) is 19.6. The van der Waals surface area contributed by atoms with Gasteiger partial charge in [0.1, 0.15) is 5.82 Å². The van der Waals surface area contributed by atoms with Crippen LogP contribution in [0.3, 0.4) is 0 Å². The van der Waals surface area contributed by atoms with Gasteiger partial charge < -0.3 is 20.6 Å². The van der Waals surface area contributed by atoms with Crippen molar-refractivity contribution in [2.24, 2.45) is 0 Å². The Balaban J connectivity index is 1.25. The van der Waals surface area contributed by atoms with Gasteiger partial charge in [0.05, 0.1) is 22.6 Å². The third kappa shape index (κ3) is 5.88. The van der Waals surface area contributed by atoms with Crippen LogP contribution in [-0.4, -0.2) is 66.0 Å². The van der Waals surface area contributed by atoms with Crippen LogP contribution in [0, 0.1) is 6.92 Å². The number of β-amino-alcohol motifs (C(OH)–C–C–N with tert-alkyl or cyclic N) is 1. The summed E-state index contributed by atoms with van der Waals surface area (Å²) in [4.78, 5) is 17.7. The Morgan fingerprint density at radius 1 is 1.07 bits per heavy atom. The zero-order chi connectivity index (χ0) is 29.5. The van der Waals surface area contributed by atoms with E-state index in [4.69, 9.17) is 0 Å². The minimum absolute atomic E-state index is 0.0907. The van der Waals surface area contributed by atoms with Gasteiger partial charge in [-0.25, -0.2) is 18.2 Å². The van der Waals surface area contributed by atoms with Gasteiger partial charge in [-0.05, 0) is 71.5 Å². The lowest BCUT2D eigenvalue weighted by Gasteiger charge is -2.35. The first kappa shape index (κ1) is 28.8. The fraction of sp³-hybridized carbons (Fsp3) is 0.357. The highest BCUT2D eigenvalue weighted by atomic mass is 32.2.